The fourth-order valence-electron chi connectivity index (χ4n) is 3.47. The zero-order chi connectivity index (χ0) is 23.6. The number of alkyl halides is 3. The predicted octanol–water partition coefficient (Wildman–Crippen LogP) is 3.27. The molecule has 2 heterocycles. The van der Waals surface area contributed by atoms with Gasteiger partial charge in [0.05, 0.1) is 17.0 Å². The molecule has 1 aliphatic rings. The van der Waals surface area contributed by atoms with Crippen LogP contribution in [0.2, 0.25) is 0 Å². The Morgan fingerprint density at radius 2 is 1.85 bits per heavy atom. The van der Waals surface area contributed by atoms with Gasteiger partial charge in [-0.15, -0.1) is 0 Å². The lowest BCUT2D eigenvalue weighted by atomic mass is 9.92. The molecule has 0 saturated carbocycles. The molecule has 0 saturated heterocycles. The second-order valence-electron chi connectivity index (χ2n) is 7.39. The Hall–Kier alpha value is -4.15. The maximum Gasteiger partial charge on any atom is 0.416 e. The van der Waals surface area contributed by atoms with Crippen LogP contribution in [0, 0.1) is 0 Å². The smallest absolute Gasteiger partial charge is 0.351 e. The van der Waals surface area contributed by atoms with Crippen molar-refractivity contribution >= 4 is 29.3 Å². The molecule has 170 valence electrons. The number of amides is 2. The number of nitrogens with zero attached hydrogens (tertiary/aromatic N) is 1. The number of hydrogen-bond acceptors (Lipinski definition) is 5. The molecule has 11 heteroatoms. The van der Waals surface area contributed by atoms with Crippen LogP contribution in [0.1, 0.15) is 29.0 Å². The number of carbonyl (C=O) groups excluding carboxylic acids is 2. The van der Waals surface area contributed by atoms with Crippen molar-refractivity contribution in [2.45, 2.75) is 25.1 Å². The number of rotatable bonds is 5. The monoisotopic (exact) mass is 457 g/mol. The molecule has 2 amide bonds. The fourth-order valence-corrected chi connectivity index (χ4v) is 3.47. The van der Waals surface area contributed by atoms with Gasteiger partial charge < -0.3 is 16.0 Å². The molecule has 2 aromatic carbocycles. The number of fused-ring (bicyclic) bond motifs is 1. The van der Waals surface area contributed by atoms with Crippen LogP contribution in [0.3, 0.4) is 0 Å². The Balaban J connectivity index is 1.58. The van der Waals surface area contributed by atoms with Crippen LogP contribution in [0.15, 0.2) is 59.4 Å². The van der Waals surface area contributed by atoms with E-state index in [4.69, 9.17) is 0 Å². The molecular formula is C22H18F3N5O3. The highest BCUT2D eigenvalue weighted by Crippen LogP contribution is 2.32. The van der Waals surface area contributed by atoms with Gasteiger partial charge in [-0.25, -0.2) is 0 Å². The van der Waals surface area contributed by atoms with E-state index in [9.17, 15) is 27.6 Å². The van der Waals surface area contributed by atoms with Crippen LogP contribution in [0.25, 0.3) is 0 Å². The van der Waals surface area contributed by atoms with E-state index < -0.39 is 35.0 Å². The van der Waals surface area contributed by atoms with Gasteiger partial charge in [0.1, 0.15) is 5.82 Å². The molecule has 1 aliphatic heterocycles. The first-order valence-corrected chi connectivity index (χ1v) is 9.90. The van der Waals surface area contributed by atoms with Gasteiger partial charge in [0.2, 0.25) is 17.8 Å². The highest BCUT2D eigenvalue weighted by molar-refractivity contribution is 6.00. The van der Waals surface area contributed by atoms with Gasteiger partial charge in [-0.05, 0) is 23.8 Å². The third-order valence-corrected chi connectivity index (χ3v) is 5.03. The van der Waals surface area contributed by atoms with Crippen LogP contribution in [0.4, 0.5) is 30.6 Å². The average Bonchev–Trinajstić information content (AvgIpc) is 2.77. The van der Waals surface area contributed by atoms with Crippen LogP contribution >= 0.6 is 0 Å². The molecule has 0 bridgehead atoms. The van der Waals surface area contributed by atoms with Crippen molar-refractivity contribution in [3.8, 4) is 0 Å². The van der Waals surface area contributed by atoms with E-state index in [0.717, 1.165) is 17.7 Å². The van der Waals surface area contributed by atoms with Gasteiger partial charge in [0.15, 0.2) is 0 Å². The average molecular weight is 457 g/mol. The highest BCUT2D eigenvalue weighted by atomic mass is 19.4. The number of anilines is 3. The van der Waals surface area contributed by atoms with Gasteiger partial charge in [-0.3, -0.25) is 19.4 Å². The number of aromatic amines is 1. The first kappa shape index (κ1) is 22.1. The van der Waals surface area contributed by atoms with Crippen molar-refractivity contribution in [1.29, 1.82) is 0 Å². The molecule has 8 nitrogen and oxygen atoms in total. The van der Waals surface area contributed by atoms with E-state index in [1.54, 1.807) is 0 Å². The van der Waals surface area contributed by atoms with E-state index in [2.05, 4.69) is 25.9 Å². The van der Waals surface area contributed by atoms with Crippen molar-refractivity contribution < 1.29 is 22.8 Å². The van der Waals surface area contributed by atoms with Crippen LogP contribution in [-0.4, -0.2) is 21.8 Å². The number of hydrogen-bond donors (Lipinski definition) is 4. The minimum atomic E-state index is -4.54. The van der Waals surface area contributed by atoms with Crippen molar-refractivity contribution in [2.24, 2.45) is 0 Å². The standard InChI is InChI=1S/C22H18F3N5O3/c23-22(24,25)13-7-4-8-14(9-13)27-21-29-18-17(20(33)30-21)15(10-16(31)28-18)19(32)26-11-12-5-2-1-3-6-12/h1-9,15H,10-11H2,(H,26,32)(H3,27,28,29,30,31,33)/t15-/m1/s1. The molecule has 0 unspecified atom stereocenters. The third kappa shape index (κ3) is 5.03. The van der Waals surface area contributed by atoms with E-state index in [0.29, 0.717) is 0 Å². The van der Waals surface area contributed by atoms with E-state index in [-0.39, 0.29) is 36.0 Å². The zero-order valence-electron chi connectivity index (χ0n) is 17.0. The molecule has 0 spiro atoms. The Morgan fingerprint density at radius 1 is 1.09 bits per heavy atom. The van der Waals surface area contributed by atoms with Gasteiger partial charge in [0.25, 0.3) is 5.56 Å². The Kier molecular flexibility index (Phi) is 5.86. The quantitative estimate of drug-likeness (QED) is 0.469. The normalized spacial score (nSPS) is 15.4. The predicted molar refractivity (Wildman–Crippen MR) is 114 cm³/mol. The number of H-pyrrole nitrogens is 1. The lowest BCUT2D eigenvalue weighted by Gasteiger charge is -2.23. The van der Waals surface area contributed by atoms with Crippen molar-refractivity contribution in [1.82, 2.24) is 15.3 Å². The summed E-state index contributed by atoms with van der Waals surface area (Å²) in [4.78, 5) is 44.2. The van der Waals surface area contributed by atoms with E-state index >= 15 is 0 Å². The number of aromatic nitrogens is 2. The summed E-state index contributed by atoms with van der Waals surface area (Å²) in [6.45, 7) is 0.216. The molecule has 1 atom stereocenters. The van der Waals surface area contributed by atoms with Crippen LogP contribution in [-0.2, 0) is 22.3 Å². The van der Waals surface area contributed by atoms with Crippen molar-refractivity contribution in [3.05, 3.63) is 81.6 Å². The van der Waals surface area contributed by atoms with E-state index in [1.807, 2.05) is 30.3 Å². The minimum Gasteiger partial charge on any atom is -0.351 e. The molecule has 1 aromatic heterocycles. The molecule has 3 aromatic rings. The molecule has 0 aliphatic carbocycles. The highest BCUT2D eigenvalue weighted by Gasteiger charge is 2.35. The molecule has 33 heavy (non-hydrogen) atoms. The largest absolute Gasteiger partial charge is 0.416 e. The third-order valence-electron chi connectivity index (χ3n) is 5.03. The maximum atomic E-state index is 12.9. The second kappa shape index (κ2) is 8.77. The Labute approximate surface area is 185 Å². The van der Waals surface area contributed by atoms with Gasteiger partial charge in [-0.2, -0.15) is 18.2 Å². The minimum absolute atomic E-state index is 0.0187. The topological polar surface area (TPSA) is 116 Å². The van der Waals surface area contributed by atoms with Crippen LogP contribution in [0.5, 0.6) is 0 Å². The summed E-state index contributed by atoms with van der Waals surface area (Å²) in [5, 5.41) is 7.76. The summed E-state index contributed by atoms with van der Waals surface area (Å²) in [6, 6.07) is 13.5. The molecule has 4 N–H and O–H groups in total. The SMILES string of the molecule is O=C1C[C@@H](C(=O)NCc2ccccc2)c2c(nc(Nc3cccc(C(F)(F)F)c3)[nH]c2=O)N1. The summed E-state index contributed by atoms with van der Waals surface area (Å²) in [6.07, 6.45) is -4.78. The maximum absolute atomic E-state index is 12.9. The van der Waals surface area contributed by atoms with Gasteiger partial charge in [0, 0.05) is 18.7 Å². The first-order valence-electron chi connectivity index (χ1n) is 9.90. The molecular weight excluding hydrogens is 439 g/mol. The number of carbonyl (C=O) groups is 2. The summed E-state index contributed by atoms with van der Waals surface area (Å²) in [7, 11) is 0. The Bertz CT molecular complexity index is 1260. The lowest BCUT2D eigenvalue weighted by Crippen LogP contribution is -2.39. The van der Waals surface area contributed by atoms with Crippen LogP contribution < -0.4 is 21.5 Å². The van der Waals surface area contributed by atoms with Gasteiger partial charge in [-0.1, -0.05) is 36.4 Å². The van der Waals surface area contributed by atoms with Crippen molar-refractivity contribution in [3.63, 3.8) is 0 Å². The Morgan fingerprint density at radius 3 is 2.58 bits per heavy atom. The zero-order valence-corrected chi connectivity index (χ0v) is 17.0. The number of nitrogens with one attached hydrogen (secondary N) is 4. The van der Waals surface area contributed by atoms with Crippen molar-refractivity contribution in [2.75, 3.05) is 10.6 Å². The molecule has 0 radical (unpaired) electrons. The summed E-state index contributed by atoms with van der Waals surface area (Å²) >= 11 is 0. The second-order valence-corrected chi connectivity index (χ2v) is 7.39. The lowest BCUT2D eigenvalue weighted by molar-refractivity contribution is -0.137. The molecule has 4 rings (SSSR count). The first-order chi connectivity index (χ1) is 15.7. The summed E-state index contributed by atoms with van der Waals surface area (Å²) in [5.74, 6) is -2.38. The number of halogens is 3. The summed E-state index contributed by atoms with van der Waals surface area (Å²) < 4.78 is 38.8. The van der Waals surface area contributed by atoms with Gasteiger partial charge >= 0.3 is 6.18 Å². The summed E-state index contributed by atoms with van der Waals surface area (Å²) in [5.41, 5.74) is -0.702. The number of benzene rings is 2. The fraction of sp³-hybridized carbons (Fsp3) is 0.182. The molecule has 0 fully saturated rings. The van der Waals surface area contributed by atoms with E-state index in [1.165, 1.54) is 12.1 Å².